The topological polar surface area (TPSA) is 41.1 Å². The second kappa shape index (κ2) is 5.38. The molecule has 4 bridgehead atoms. The van der Waals surface area contributed by atoms with Crippen molar-refractivity contribution in [2.45, 2.75) is 38.5 Å². The number of hydrogen-bond acceptors (Lipinski definition) is 2. The molecule has 4 saturated carbocycles. The lowest BCUT2D eigenvalue weighted by molar-refractivity contribution is -0.146. The number of hydrogen-bond donors (Lipinski definition) is 2. The summed E-state index contributed by atoms with van der Waals surface area (Å²) in [7, 11) is 1.93. The molecule has 0 radical (unpaired) electrons. The second-order valence-corrected chi connectivity index (χ2v) is 6.56. The number of amides is 1. The molecule has 3 nitrogen and oxygen atoms in total. The number of likely N-dealkylation sites (N-methyl/N-ethyl adjacent to an activating group) is 1. The number of rotatable bonds is 4. The van der Waals surface area contributed by atoms with Crippen molar-refractivity contribution >= 4 is 18.3 Å². The van der Waals surface area contributed by atoms with Gasteiger partial charge in [-0.2, -0.15) is 0 Å². The predicted molar refractivity (Wildman–Crippen MR) is 74.8 cm³/mol. The van der Waals surface area contributed by atoms with E-state index < -0.39 is 0 Å². The van der Waals surface area contributed by atoms with Crippen molar-refractivity contribution in [2.24, 2.45) is 23.2 Å². The first-order valence-corrected chi connectivity index (χ1v) is 7.15. The van der Waals surface area contributed by atoms with Gasteiger partial charge in [-0.15, -0.1) is 12.4 Å². The van der Waals surface area contributed by atoms with Gasteiger partial charge in [0.15, 0.2) is 0 Å². The number of carbonyl (C=O) groups is 1. The average molecular weight is 273 g/mol. The first kappa shape index (κ1) is 14.1. The highest BCUT2D eigenvalue weighted by Crippen LogP contribution is 2.60. The third-order valence-corrected chi connectivity index (χ3v) is 5.18. The zero-order valence-corrected chi connectivity index (χ0v) is 12.0. The maximum atomic E-state index is 12.4. The molecule has 0 saturated heterocycles. The van der Waals surface area contributed by atoms with Crippen LogP contribution in [0.4, 0.5) is 0 Å². The van der Waals surface area contributed by atoms with Crippen molar-refractivity contribution in [3.8, 4) is 0 Å². The van der Waals surface area contributed by atoms with Gasteiger partial charge in [0.25, 0.3) is 0 Å². The van der Waals surface area contributed by atoms with Crippen molar-refractivity contribution in [3.05, 3.63) is 0 Å². The van der Waals surface area contributed by atoms with E-state index in [2.05, 4.69) is 10.6 Å². The van der Waals surface area contributed by atoms with Crippen LogP contribution in [0.1, 0.15) is 38.5 Å². The summed E-state index contributed by atoms with van der Waals surface area (Å²) in [5.41, 5.74) is 0.0302. The first-order chi connectivity index (χ1) is 8.22. The van der Waals surface area contributed by atoms with Gasteiger partial charge in [-0.05, 0) is 63.3 Å². The second-order valence-electron chi connectivity index (χ2n) is 6.56. The molecule has 4 heteroatoms. The number of nitrogens with one attached hydrogen (secondary N) is 2. The van der Waals surface area contributed by atoms with Crippen molar-refractivity contribution in [1.82, 2.24) is 10.6 Å². The monoisotopic (exact) mass is 272 g/mol. The summed E-state index contributed by atoms with van der Waals surface area (Å²) in [5.74, 6) is 2.93. The van der Waals surface area contributed by atoms with Crippen molar-refractivity contribution < 1.29 is 4.79 Å². The SMILES string of the molecule is CNCCNC(=O)C12CC3CC(CC(C3)C1)C2.Cl. The minimum Gasteiger partial charge on any atom is -0.354 e. The van der Waals surface area contributed by atoms with Gasteiger partial charge in [0, 0.05) is 18.5 Å². The van der Waals surface area contributed by atoms with Gasteiger partial charge in [-0.3, -0.25) is 4.79 Å². The van der Waals surface area contributed by atoms with E-state index in [0.717, 1.165) is 30.8 Å². The van der Waals surface area contributed by atoms with Crippen molar-refractivity contribution in [3.63, 3.8) is 0 Å². The molecule has 4 rings (SSSR count). The van der Waals surface area contributed by atoms with Crippen LogP contribution < -0.4 is 10.6 Å². The fraction of sp³-hybridized carbons (Fsp3) is 0.929. The van der Waals surface area contributed by atoms with Crippen LogP contribution >= 0.6 is 12.4 Å². The normalized spacial score (nSPS) is 40.4. The van der Waals surface area contributed by atoms with Crippen LogP contribution in [0, 0.1) is 23.2 Å². The molecule has 0 atom stereocenters. The molecule has 4 aliphatic rings. The van der Waals surface area contributed by atoms with Gasteiger partial charge in [-0.1, -0.05) is 0 Å². The predicted octanol–water partition coefficient (Wildman–Crippen LogP) is 1.96. The Balaban J connectivity index is 0.00000120. The highest BCUT2D eigenvalue weighted by Gasteiger charge is 2.54. The highest BCUT2D eigenvalue weighted by atomic mass is 35.5. The lowest BCUT2D eigenvalue weighted by Crippen LogP contribution is -2.54. The van der Waals surface area contributed by atoms with Crippen molar-refractivity contribution in [1.29, 1.82) is 0 Å². The van der Waals surface area contributed by atoms with Crippen LogP contribution in [0.3, 0.4) is 0 Å². The molecule has 4 fully saturated rings. The molecule has 4 aliphatic carbocycles. The third-order valence-electron chi connectivity index (χ3n) is 5.18. The Morgan fingerprint density at radius 2 is 1.56 bits per heavy atom. The maximum absolute atomic E-state index is 12.4. The third kappa shape index (κ3) is 2.39. The Labute approximate surface area is 116 Å². The number of carbonyl (C=O) groups excluding carboxylic acids is 1. The summed E-state index contributed by atoms with van der Waals surface area (Å²) in [6.45, 7) is 1.65. The van der Waals surface area contributed by atoms with Crippen LogP contribution in [-0.4, -0.2) is 26.0 Å². The van der Waals surface area contributed by atoms with E-state index in [1.54, 1.807) is 0 Å². The summed E-state index contributed by atoms with van der Waals surface area (Å²) >= 11 is 0. The highest BCUT2D eigenvalue weighted by molar-refractivity contribution is 5.85. The molecule has 18 heavy (non-hydrogen) atoms. The molecule has 0 spiro atoms. The Kier molecular flexibility index (Phi) is 4.22. The average Bonchev–Trinajstić information content (AvgIpc) is 2.27. The zero-order valence-electron chi connectivity index (χ0n) is 11.2. The van der Waals surface area contributed by atoms with Gasteiger partial charge in [0.05, 0.1) is 0 Å². The molecule has 1 amide bonds. The molecular formula is C14H25ClN2O. The molecule has 0 aromatic heterocycles. The van der Waals surface area contributed by atoms with E-state index in [-0.39, 0.29) is 17.8 Å². The minimum atomic E-state index is 0. The molecular weight excluding hydrogens is 248 g/mol. The Bertz CT molecular complexity index is 284. The quantitative estimate of drug-likeness (QED) is 0.768. The Hall–Kier alpha value is -0.280. The number of halogens is 1. The van der Waals surface area contributed by atoms with Gasteiger partial charge in [0.1, 0.15) is 0 Å². The summed E-state index contributed by atoms with van der Waals surface area (Å²) in [6.07, 6.45) is 7.73. The Morgan fingerprint density at radius 3 is 2.00 bits per heavy atom. The van der Waals surface area contributed by atoms with E-state index in [4.69, 9.17) is 0 Å². The van der Waals surface area contributed by atoms with Crippen LogP contribution in [0.2, 0.25) is 0 Å². The van der Waals surface area contributed by atoms with E-state index in [1.807, 2.05) is 7.05 Å². The molecule has 2 N–H and O–H groups in total. The molecule has 0 heterocycles. The van der Waals surface area contributed by atoms with E-state index >= 15 is 0 Å². The summed E-state index contributed by atoms with van der Waals surface area (Å²) < 4.78 is 0. The van der Waals surface area contributed by atoms with Crippen molar-refractivity contribution in [2.75, 3.05) is 20.1 Å². The van der Waals surface area contributed by atoms with E-state index in [9.17, 15) is 4.79 Å². The van der Waals surface area contributed by atoms with Crippen LogP contribution in [0.25, 0.3) is 0 Å². The van der Waals surface area contributed by atoms with Gasteiger partial charge in [-0.25, -0.2) is 0 Å². The molecule has 0 aliphatic heterocycles. The minimum absolute atomic E-state index is 0. The standard InChI is InChI=1S/C14H24N2O.ClH/c1-15-2-3-16-13(17)14-7-10-4-11(8-14)6-12(5-10)9-14;/h10-12,15H,2-9H2,1H3,(H,16,17);1H. The molecule has 0 aromatic carbocycles. The molecule has 104 valence electrons. The van der Waals surface area contributed by atoms with Gasteiger partial charge >= 0.3 is 0 Å². The first-order valence-electron chi connectivity index (χ1n) is 7.15. The summed E-state index contributed by atoms with van der Waals surface area (Å²) in [6, 6.07) is 0. The van der Waals surface area contributed by atoms with E-state index in [0.29, 0.717) is 5.91 Å². The molecule has 0 aromatic rings. The van der Waals surface area contributed by atoms with Crippen LogP contribution in [0.5, 0.6) is 0 Å². The lowest BCUT2D eigenvalue weighted by atomic mass is 9.49. The smallest absolute Gasteiger partial charge is 0.226 e. The fourth-order valence-corrected chi connectivity index (χ4v) is 4.88. The van der Waals surface area contributed by atoms with Crippen LogP contribution in [0.15, 0.2) is 0 Å². The van der Waals surface area contributed by atoms with E-state index in [1.165, 1.54) is 38.5 Å². The van der Waals surface area contributed by atoms with Gasteiger partial charge in [0.2, 0.25) is 5.91 Å². The van der Waals surface area contributed by atoms with Crippen LogP contribution in [-0.2, 0) is 4.79 Å². The largest absolute Gasteiger partial charge is 0.354 e. The molecule has 0 unspecified atom stereocenters. The van der Waals surface area contributed by atoms with Gasteiger partial charge < -0.3 is 10.6 Å². The lowest BCUT2D eigenvalue weighted by Gasteiger charge is -2.55. The summed E-state index contributed by atoms with van der Waals surface area (Å²) in [5, 5.41) is 6.22. The summed E-state index contributed by atoms with van der Waals surface area (Å²) in [4.78, 5) is 12.4. The zero-order chi connectivity index (χ0) is 11.9. The Morgan fingerprint density at radius 1 is 1.06 bits per heavy atom. The fourth-order valence-electron chi connectivity index (χ4n) is 4.88. The maximum Gasteiger partial charge on any atom is 0.226 e.